The van der Waals surface area contributed by atoms with E-state index in [1.807, 2.05) is 0 Å². The van der Waals surface area contributed by atoms with Crippen molar-refractivity contribution in [1.82, 2.24) is 9.36 Å². The summed E-state index contributed by atoms with van der Waals surface area (Å²) < 4.78 is 48.6. The Morgan fingerprint density at radius 2 is 1.83 bits per heavy atom. The second-order valence-corrected chi connectivity index (χ2v) is 9.81. The first-order valence-electron chi connectivity index (χ1n) is 9.26. The zero-order chi connectivity index (χ0) is 21.8. The number of hydrogen-bond acceptors (Lipinski definition) is 8. The minimum Gasteiger partial charge on any atom is -0.497 e. The molecule has 0 aliphatic rings. The Balaban J connectivity index is 1.70. The maximum absolute atomic E-state index is 13.1. The number of nitrogens with two attached hydrogens (primary N) is 1. The average Bonchev–Trinajstić information content (AvgIpc) is 3.21. The van der Waals surface area contributed by atoms with E-state index in [1.165, 1.54) is 31.4 Å². The molecule has 0 amide bonds. The second-order valence-electron chi connectivity index (χ2n) is 6.77. The summed E-state index contributed by atoms with van der Waals surface area (Å²) in [5, 5.41) is 3.48. The first kappa shape index (κ1) is 22.1. The molecule has 0 aliphatic carbocycles. The highest BCUT2D eigenvalue weighted by Crippen LogP contribution is 2.27. The van der Waals surface area contributed by atoms with Crippen molar-refractivity contribution in [2.75, 3.05) is 19.0 Å². The fourth-order valence-corrected chi connectivity index (χ4v) is 4.99. The van der Waals surface area contributed by atoms with Crippen LogP contribution in [0.2, 0.25) is 0 Å². The molecule has 3 rings (SSSR count). The van der Waals surface area contributed by atoms with Crippen LogP contribution < -0.4 is 15.8 Å². The van der Waals surface area contributed by atoms with Crippen LogP contribution in [0.4, 0.5) is 9.52 Å². The van der Waals surface area contributed by atoms with E-state index in [4.69, 9.17) is 10.5 Å². The highest BCUT2D eigenvalue weighted by atomic mass is 32.2. The van der Waals surface area contributed by atoms with Gasteiger partial charge >= 0.3 is 0 Å². The van der Waals surface area contributed by atoms with Crippen LogP contribution in [0.3, 0.4) is 0 Å². The number of hydrogen-bond donors (Lipinski definition) is 2. The molecule has 0 spiro atoms. The number of halogens is 1. The first-order chi connectivity index (χ1) is 14.3. The van der Waals surface area contributed by atoms with Crippen molar-refractivity contribution in [3.05, 3.63) is 65.7 Å². The van der Waals surface area contributed by atoms with E-state index in [1.54, 1.807) is 31.2 Å². The number of benzene rings is 2. The molecule has 0 aliphatic heterocycles. The smallest absolute Gasteiger partial charge is 0.202 e. The third kappa shape index (κ3) is 4.77. The van der Waals surface area contributed by atoms with Crippen molar-refractivity contribution in [3.63, 3.8) is 0 Å². The van der Waals surface area contributed by atoms with Crippen molar-refractivity contribution in [2.45, 2.75) is 29.5 Å². The number of anilines is 1. The Morgan fingerprint density at radius 3 is 2.43 bits per heavy atom. The van der Waals surface area contributed by atoms with Crippen molar-refractivity contribution in [1.29, 1.82) is 0 Å². The van der Waals surface area contributed by atoms with Crippen LogP contribution in [-0.2, 0) is 16.3 Å². The highest BCUT2D eigenvalue weighted by molar-refractivity contribution is 7.92. The zero-order valence-electron chi connectivity index (χ0n) is 16.6. The summed E-state index contributed by atoms with van der Waals surface area (Å²) in [4.78, 5) is 2.98. The lowest BCUT2D eigenvalue weighted by atomic mass is 10.1. The van der Waals surface area contributed by atoms with Gasteiger partial charge in [-0.3, -0.25) is 0 Å². The lowest BCUT2D eigenvalue weighted by Crippen LogP contribution is -2.52. The van der Waals surface area contributed by atoms with Gasteiger partial charge in [0.2, 0.25) is 5.13 Å². The lowest BCUT2D eigenvalue weighted by Gasteiger charge is -2.28. The number of nitrogens with one attached hydrogen (secondary N) is 1. The van der Waals surface area contributed by atoms with Gasteiger partial charge in [0, 0.05) is 24.5 Å². The zero-order valence-corrected chi connectivity index (χ0v) is 18.3. The molecule has 1 aromatic heterocycles. The predicted octanol–water partition coefficient (Wildman–Crippen LogP) is 3.23. The molecule has 0 saturated carbocycles. The van der Waals surface area contributed by atoms with E-state index >= 15 is 0 Å². The van der Waals surface area contributed by atoms with Crippen molar-refractivity contribution < 1.29 is 17.5 Å². The Hall–Kier alpha value is -2.56. The van der Waals surface area contributed by atoms with Crippen LogP contribution in [0, 0.1) is 5.82 Å². The molecule has 1 heterocycles. The van der Waals surface area contributed by atoms with Crippen LogP contribution >= 0.6 is 11.5 Å². The van der Waals surface area contributed by atoms with E-state index in [0.717, 1.165) is 17.1 Å². The molecule has 2 aromatic carbocycles. The fourth-order valence-electron chi connectivity index (χ4n) is 2.81. The molecule has 3 N–H and O–H groups in total. The van der Waals surface area contributed by atoms with Crippen molar-refractivity contribution in [2.24, 2.45) is 5.73 Å². The summed E-state index contributed by atoms with van der Waals surface area (Å²) in [6, 6.07) is 12.3. The lowest BCUT2D eigenvalue weighted by molar-refractivity contribution is 0.414. The third-order valence-electron chi connectivity index (χ3n) is 4.79. The summed E-state index contributed by atoms with van der Waals surface area (Å²) in [6.07, 6.45) is 0.653. The summed E-state index contributed by atoms with van der Waals surface area (Å²) in [5.41, 5.74) is 7.19. The molecule has 0 bridgehead atoms. The number of rotatable bonds is 9. The average molecular weight is 451 g/mol. The second kappa shape index (κ2) is 9.07. The van der Waals surface area contributed by atoms with Gasteiger partial charge < -0.3 is 15.8 Å². The predicted molar refractivity (Wildman–Crippen MR) is 115 cm³/mol. The van der Waals surface area contributed by atoms with E-state index in [2.05, 4.69) is 14.7 Å². The summed E-state index contributed by atoms with van der Waals surface area (Å²) >= 11 is 1.12. The molecular weight excluding hydrogens is 427 g/mol. The van der Waals surface area contributed by atoms with E-state index in [9.17, 15) is 12.8 Å². The van der Waals surface area contributed by atoms with Gasteiger partial charge in [0.1, 0.15) is 22.3 Å². The van der Waals surface area contributed by atoms with E-state index in [-0.39, 0.29) is 23.7 Å². The highest BCUT2D eigenvalue weighted by Gasteiger charge is 2.39. The first-order valence-corrected chi connectivity index (χ1v) is 11.5. The van der Waals surface area contributed by atoms with Crippen molar-refractivity contribution >= 4 is 26.5 Å². The Morgan fingerprint density at radius 1 is 1.17 bits per heavy atom. The van der Waals surface area contributed by atoms with Gasteiger partial charge in [-0.15, -0.1) is 0 Å². The van der Waals surface area contributed by atoms with Crippen LogP contribution in [-0.4, -0.2) is 36.3 Å². The molecule has 1 atom stereocenters. The van der Waals surface area contributed by atoms with Crippen LogP contribution in [0.15, 0.2) is 53.4 Å². The molecule has 0 saturated heterocycles. The standard InChI is InChI=1S/C20H23FN4O3S2/c1-3-20(22,30(26,27)17-10-8-16(28-2)9-11-17)13-23-19-24-18(25-29-19)12-14-4-6-15(21)7-5-14/h4-11H,3,12-13,22H2,1-2H3,(H,23,24,25). The maximum Gasteiger partial charge on any atom is 0.202 e. The minimum absolute atomic E-state index is 0.0248. The molecule has 30 heavy (non-hydrogen) atoms. The summed E-state index contributed by atoms with van der Waals surface area (Å²) in [5.74, 6) is 0.823. The van der Waals surface area contributed by atoms with Gasteiger partial charge in [-0.1, -0.05) is 19.1 Å². The number of aromatic nitrogens is 2. The SMILES string of the molecule is CCC(N)(CNc1nc(Cc2ccc(F)cc2)ns1)S(=O)(=O)c1ccc(OC)cc1. The van der Waals surface area contributed by atoms with Gasteiger partial charge in [0.25, 0.3) is 0 Å². The number of sulfone groups is 1. The van der Waals surface area contributed by atoms with Gasteiger partial charge in [0.15, 0.2) is 9.84 Å². The maximum atomic E-state index is 13.1. The monoisotopic (exact) mass is 450 g/mol. The van der Waals surface area contributed by atoms with Crippen LogP contribution in [0.5, 0.6) is 5.75 Å². The normalized spacial score (nSPS) is 13.6. The van der Waals surface area contributed by atoms with Gasteiger partial charge in [0.05, 0.1) is 12.0 Å². The van der Waals surface area contributed by atoms with Gasteiger partial charge in [-0.2, -0.15) is 4.37 Å². The van der Waals surface area contributed by atoms with Gasteiger partial charge in [-0.05, 0) is 48.4 Å². The Labute approximate surface area is 179 Å². The summed E-state index contributed by atoms with van der Waals surface area (Å²) in [6.45, 7) is 1.70. The molecule has 160 valence electrons. The molecule has 3 aromatic rings. The molecule has 0 fully saturated rings. The summed E-state index contributed by atoms with van der Waals surface area (Å²) in [7, 11) is -2.30. The molecule has 7 nitrogen and oxygen atoms in total. The number of nitrogens with zero attached hydrogens (tertiary/aromatic N) is 2. The van der Waals surface area contributed by atoms with Crippen molar-refractivity contribution in [3.8, 4) is 5.75 Å². The quantitative estimate of drug-likeness (QED) is 0.515. The fraction of sp³-hybridized carbons (Fsp3) is 0.300. The molecule has 0 radical (unpaired) electrons. The largest absolute Gasteiger partial charge is 0.497 e. The van der Waals surface area contributed by atoms with Gasteiger partial charge in [-0.25, -0.2) is 17.8 Å². The van der Waals surface area contributed by atoms with E-state index in [0.29, 0.717) is 23.1 Å². The van der Waals surface area contributed by atoms with E-state index < -0.39 is 14.7 Å². The van der Waals surface area contributed by atoms with Crippen LogP contribution in [0.25, 0.3) is 0 Å². The molecule has 10 heteroatoms. The minimum atomic E-state index is -3.81. The topological polar surface area (TPSA) is 107 Å². The Bertz CT molecular complexity index is 1090. The number of methoxy groups -OCH3 is 1. The Kier molecular flexibility index (Phi) is 6.69. The van der Waals surface area contributed by atoms with Crippen LogP contribution in [0.1, 0.15) is 24.7 Å². The molecular formula is C20H23FN4O3S2. The third-order valence-corrected chi connectivity index (χ3v) is 7.89. The molecule has 1 unspecified atom stereocenters. The number of ether oxygens (including phenoxy) is 1.